The first-order valence-corrected chi connectivity index (χ1v) is 6.00. The summed E-state index contributed by atoms with van der Waals surface area (Å²) in [5.74, 6) is 0. The third-order valence-electron chi connectivity index (χ3n) is 2.21. The number of hydrogen-bond donors (Lipinski definition) is 4. The van der Waals surface area contributed by atoms with Gasteiger partial charge in [0.15, 0.2) is 0 Å². The van der Waals surface area contributed by atoms with Crippen LogP contribution in [0, 0.1) is 6.92 Å². The molecule has 9 nitrogen and oxygen atoms in total. The number of carbonyl (C=O) groups excluding carboxylic acids is 1. The first kappa shape index (κ1) is 12.8. The summed E-state index contributed by atoms with van der Waals surface area (Å²) in [5, 5.41) is 0. The van der Waals surface area contributed by atoms with Gasteiger partial charge in [-0.3, -0.25) is 4.68 Å². The van der Waals surface area contributed by atoms with Crippen LogP contribution in [0.25, 0.3) is 0 Å². The molecule has 0 saturated heterocycles. The molecule has 2 rings (SSSR count). The molecule has 1 atom stereocenters. The Hall–Kier alpha value is -1.67. The van der Waals surface area contributed by atoms with Gasteiger partial charge < -0.3 is 24.8 Å². The number of aromatic nitrogens is 1. The van der Waals surface area contributed by atoms with Crippen LogP contribution < -0.4 is 11.2 Å². The number of nitrogens with one attached hydrogen (secondary N) is 1. The van der Waals surface area contributed by atoms with Crippen molar-refractivity contribution in [3.63, 3.8) is 0 Å². The Morgan fingerprint density at radius 1 is 1.61 bits per heavy atom. The monoisotopic (exact) mass is 274 g/mol. The molecule has 1 aromatic rings. The molecule has 0 fully saturated rings. The van der Waals surface area contributed by atoms with Crippen molar-refractivity contribution in [1.82, 2.24) is 4.68 Å². The Labute approximate surface area is 103 Å². The summed E-state index contributed by atoms with van der Waals surface area (Å²) in [6.45, 7) is 1.82. The largest absolute Gasteiger partial charge is 0.522 e. The Balaban J connectivity index is 2.08. The molecule has 98 valence electrons. The number of hydrogen-bond acceptors (Lipinski definition) is 8. The van der Waals surface area contributed by atoms with E-state index in [1.54, 1.807) is 10.7 Å². The van der Waals surface area contributed by atoms with Crippen molar-refractivity contribution in [3.8, 4) is 0 Å². The van der Waals surface area contributed by atoms with Gasteiger partial charge in [0.05, 0.1) is 5.69 Å². The highest BCUT2D eigenvalue weighted by molar-refractivity contribution is 7.40. The van der Waals surface area contributed by atoms with Gasteiger partial charge in [-0.2, -0.15) is 0 Å². The second kappa shape index (κ2) is 4.91. The van der Waals surface area contributed by atoms with Gasteiger partial charge in [-0.05, 0) is 19.1 Å². The van der Waals surface area contributed by atoms with Gasteiger partial charge in [0.2, 0.25) is 0 Å². The van der Waals surface area contributed by atoms with Crippen LogP contribution in [-0.4, -0.2) is 26.6 Å². The molecular formula is C8H11N4O5P. The van der Waals surface area contributed by atoms with Crippen molar-refractivity contribution in [3.05, 3.63) is 23.5 Å². The van der Waals surface area contributed by atoms with Crippen LogP contribution in [0.2, 0.25) is 0 Å². The number of fused-ring (bicyclic) bond motifs is 1. The van der Waals surface area contributed by atoms with E-state index in [0.29, 0.717) is 5.69 Å². The van der Waals surface area contributed by atoms with Crippen LogP contribution in [-0.2, 0) is 9.26 Å². The quantitative estimate of drug-likeness (QED) is 0.419. The van der Waals surface area contributed by atoms with E-state index in [-0.39, 0.29) is 6.02 Å². The van der Waals surface area contributed by atoms with Gasteiger partial charge in [-0.25, -0.2) is 15.2 Å². The minimum Gasteiger partial charge on any atom is -0.361 e. The predicted octanol–water partition coefficient (Wildman–Crippen LogP) is 0.0316. The van der Waals surface area contributed by atoms with Gasteiger partial charge >= 0.3 is 20.8 Å². The summed E-state index contributed by atoms with van der Waals surface area (Å²) < 4.78 is 10.3. The van der Waals surface area contributed by atoms with Crippen LogP contribution in [0.4, 0.5) is 4.79 Å². The summed E-state index contributed by atoms with van der Waals surface area (Å²) in [5.41, 5.74) is 9.99. The lowest BCUT2D eigenvalue weighted by molar-refractivity contribution is 0.140. The molecule has 0 aromatic carbocycles. The predicted molar refractivity (Wildman–Crippen MR) is 61.8 cm³/mol. The Morgan fingerprint density at radius 3 is 3.00 bits per heavy atom. The maximum atomic E-state index is 11.0. The average Bonchev–Trinajstić information content (AvgIpc) is 2.59. The van der Waals surface area contributed by atoms with Gasteiger partial charge in [0, 0.05) is 5.69 Å². The first-order chi connectivity index (χ1) is 8.47. The highest BCUT2D eigenvalue weighted by Gasteiger charge is 2.23. The number of ether oxygens (including phenoxy) is 1. The van der Waals surface area contributed by atoms with E-state index in [9.17, 15) is 4.79 Å². The lowest BCUT2D eigenvalue weighted by atomic mass is 10.3. The molecule has 5 N–H and O–H groups in total. The zero-order valence-corrected chi connectivity index (χ0v) is 10.2. The average molecular weight is 274 g/mol. The van der Waals surface area contributed by atoms with Crippen molar-refractivity contribution in [2.75, 3.05) is 5.43 Å². The van der Waals surface area contributed by atoms with Crippen molar-refractivity contribution >= 4 is 20.8 Å². The molecule has 0 saturated carbocycles. The first-order valence-electron chi connectivity index (χ1n) is 4.83. The molecule has 2 heterocycles. The summed E-state index contributed by atoms with van der Waals surface area (Å²) in [4.78, 5) is 31.9. The fraction of sp³-hybridized carbons (Fsp3) is 0.250. The Kier molecular flexibility index (Phi) is 3.48. The lowest BCUT2D eigenvalue weighted by Crippen LogP contribution is -2.36. The van der Waals surface area contributed by atoms with Gasteiger partial charge in [0.1, 0.15) is 6.17 Å². The molecule has 1 unspecified atom stereocenters. The van der Waals surface area contributed by atoms with E-state index in [1.807, 2.05) is 13.0 Å². The van der Waals surface area contributed by atoms with E-state index in [4.69, 9.17) is 15.5 Å². The van der Waals surface area contributed by atoms with Crippen LogP contribution in [0.5, 0.6) is 0 Å². The van der Waals surface area contributed by atoms with Crippen molar-refractivity contribution < 1.29 is 23.8 Å². The molecular weight excluding hydrogens is 263 g/mol. The molecule has 0 spiro atoms. The molecule has 18 heavy (non-hydrogen) atoms. The number of rotatable bonds is 1. The second-order valence-corrected chi connectivity index (χ2v) is 4.11. The maximum Gasteiger partial charge on any atom is 0.522 e. The minimum atomic E-state index is -2.82. The number of nitrogens with zero attached hydrogens (tertiary/aromatic N) is 2. The fourth-order valence-electron chi connectivity index (χ4n) is 1.47. The molecule has 0 radical (unpaired) electrons. The normalized spacial score (nSPS) is 17.8. The molecule has 1 aromatic heterocycles. The van der Waals surface area contributed by atoms with Crippen molar-refractivity contribution in [2.45, 2.75) is 13.1 Å². The SMILES string of the molecule is Cc1ccc2n1NC(OC(=O)OP(O)O)=NC2N. The smallest absolute Gasteiger partial charge is 0.361 e. The number of aryl methyl sites for hydroxylation is 1. The lowest BCUT2D eigenvalue weighted by Gasteiger charge is -2.22. The molecule has 1 aliphatic rings. The number of carbonyl (C=O) groups is 1. The second-order valence-electron chi connectivity index (χ2n) is 3.42. The van der Waals surface area contributed by atoms with E-state index < -0.39 is 20.9 Å². The summed E-state index contributed by atoms with van der Waals surface area (Å²) in [6.07, 6.45) is -1.97. The molecule has 10 heteroatoms. The molecule has 0 bridgehead atoms. The van der Waals surface area contributed by atoms with Crippen LogP contribution in [0.15, 0.2) is 17.1 Å². The van der Waals surface area contributed by atoms with Crippen molar-refractivity contribution in [1.29, 1.82) is 0 Å². The third-order valence-corrected chi connectivity index (χ3v) is 2.52. The van der Waals surface area contributed by atoms with Crippen LogP contribution >= 0.6 is 8.60 Å². The van der Waals surface area contributed by atoms with Crippen LogP contribution in [0.1, 0.15) is 17.6 Å². The van der Waals surface area contributed by atoms with E-state index in [0.717, 1.165) is 5.69 Å². The van der Waals surface area contributed by atoms with Crippen molar-refractivity contribution in [2.24, 2.45) is 10.7 Å². The minimum absolute atomic E-state index is 0.184. The van der Waals surface area contributed by atoms with Gasteiger partial charge in [0.25, 0.3) is 0 Å². The molecule has 1 aliphatic heterocycles. The number of amidine groups is 1. The molecule has 0 amide bonds. The Bertz CT molecular complexity index is 500. The maximum absolute atomic E-state index is 11.0. The molecule has 0 aliphatic carbocycles. The fourth-order valence-corrected chi connectivity index (χ4v) is 1.64. The summed E-state index contributed by atoms with van der Waals surface area (Å²) in [6, 6.07) is 3.42. The van der Waals surface area contributed by atoms with Crippen LogP contribution in [0.3, 0.4) is 0 Å². The highest BCUT2D eigenvalue weighted by Crippen LogP contribution is 2.25. The topological polar surface area (TPSA) is 131 Å². The number of aliphatic imine (C=N–C) groups is 1. The Morgan fingerprint density at radius 2 is 2.33 bits per heavy atom. The standard InChI is InChI=1S/C8H11N4O5P/c1-4-2-3-5-6(9)10-7(11-12(4)5)16-8(13)17-18(14)15/h2-3,6,14-15H,9H2,1H3,(H,10,11). The van der Waals surface area contributed by atoms with Gasteiger partial charge in [-0.15, -0.1) is 0 Å². The zero-order valence-electron chi connectivity index (χ0n) is 9.27. The zero-order chi connectivity index (χ0) is 13.3. The van der Waals surface area contributed by atoms with E-state index >= 15 is 0 Å². The summed E-state index contributed by atoms with van der Waals surface area (Å²) in [7, 11) is -2.82. The summed E-state index contributed by atoms with van der Waals surface area (Å²) >= 11 is 0. The van der Waals surface area contributed by atoms with E-state index in [2.05, 4.69) is 19.7 Å². The third kappa shape index (κ3) is 2.59. The van der Waals surface area contributed by atoms with Gasteiger partial charge in [-0.1, -0.05) is 0 Å². The van der Waals surface area contributed by atoms with E-state index in [1.165, 1.54) is 0 Å². The number of nitrogens with two attached hydrogens (primary N) is 1. The highest BCUT2D eigenvalue weighted by atomic mass is 31.2.